The Morgan fingerprint density at radius 3 is 2.33 bits per heavy atom. The summed E-state index contributed by atoms with van der Waals surface area (Å²) in [7, 11) is 1.32. The van der Waals surface area contributed by atoms with Gasteiger partial charge in [-0.05, 0) is 42.7 Å². The van der Waals surface area contributed by atoms with Crippen molar-refractivity contribution in [3.63, 3.8) is 0 Å². The maximum atomic E-state index is 12.8. The maximum Gasteiger partial charge on any atom is 0.337 e. The van der Waals surface area contributed by atoms with Gasteiger partial charge in [-0.3, -0.25) is 9.59 Å². The highest BCUT2D eigenvalue weighted by Gasteiger charge is 2.28. The number of carbonyl (C=O) groups is 3. The van der Waals surface area contributed by atoms with Gasteiger partial charge in [-0.25, -0.2) is 4.79 Å². The Morgan fingerprint density at radius 1 is 1.00 bits per heavy atom. The Morgan fingerprint density at radius 2 is 1.67 bits per heavy atom. The van der Waals surface area contributed by atoms with Crippen LogP contribution in [0.2, 0.25) is 0 Å². The van der Waals surface area contributed by atoms with Crippen molar-refractivity contribution in [2.75, 3.05) is 20.2 Å². The standard InChI is InChI=1S/C22H23NO4/c1-27-22(26)18-11-9-17(10-12-18)21(25)23-13-5-8-19(15-23)20(24)14-16-6-3-2-4-7-16/h2-4,6-7,9-12,19H,5,8,13-15H2,1H3/t19-/m0/s1. The first kappa shape index (κ1) is 18.8. The minimum absolute atomic E-state index is 0.108. The summed E-state index contributed by atoms with van der Waals surface area (Å²) >= 11 is 0. The topological polar surface area (TPSA) is 63.7 Å². The maximum absolute atomic E-state index is 12.8. The van der Waals surface area contributed by atoms with E-state index in [-0.39, 0.29) is 17.6 Å². The fourth-order valence-electron chi connectivity index (χ4n) is 3.42. The Bertz CT molecular complexity index is 814. The van der Waals surface area contributed by atoms with E-state index in [9.17, 15) is 14.4 Å². The molecule has 0 aliphatic carbocycles. The summed E-state index contributed by atoms with van der Waals surface area (Å²) in [6.45, 7) is 1.09. The second-order valence-electron chi connectivity index (χ2n) is 6.79. The summed E-state index contributed by atoms with van der Waals surface area (Å²) in [5, 5.41) is 0. The summed E-state index contributed by atoms with van der Waals surface area (Å²) in [4.78, 5) is 38.7. The number of ether oxygens (including phenoxy) is 1. The second kappa shape index (κ2) is 8.62. The number of amides is 1. The highest BCUT2D eigenvalue weighted by atomic mass is 16.5. The number of hydrogen-bond donors (Lipinski definition) is 0. The number of carbonyl (C=O) groups excluding carboxylic acids is 3. The Balaban J connectivity index is 1.64. The van der Waals surface area contributed by atoms with Gasteiger partial charge in [0.25, 0.3) is 5.91 Å². The zero-order chi connectivity index (χ0) is 19.2. The van der Waals surface area contributed by atoms with Crippen LogP contribution in [0.3, 0.4) is 0 Å². The third-order valence-electron chi connectivity index (χ3n) is 4.94. The van der Waals surface area contributed by atoms with Crippen molar-refractivity contribution in [3.8, 4) is 0 Å². The lowest BCUT2D eigenvalue weighted by Crippen LogP contribution is -2.42. The Labute approximate surface area is 158 Å². The smallest absolute Gasteiger partial charge is 0.337 e. The predicted molar refractivity (Wildman–Crippen MR) is 102 cm³/mol. The molecule has 3 rings (SSSR count). The monoisotopic (exact) mass is 365 g/mol. The molecule has 0 aromatic heterocycles. The molecule has 140 valence electrons. The van der Waals surface area contributed by atoms with Crippen LogP contribution in [0.5, 0.6) is 0 Å². The van der Waals surface area contributed by atoms with Gasteiger partial charge in [-0.2, -0.15) is 0 Å². The van der Waals surface area contributed by atoms with Crippen molar-refractivity contribution in [2.45, 2.75) is 19.3 Å². The highest BCUT2D eigenvalue weighted by molar-refractivity contribution is 5.96. The lowest BCUT2D eigenvalue weighted by Gasteiger charge is -2.32. The number of nitrogens with zero attached hydrogens (tertiary/aromatic N) is 1. The van der Waals surface area contributed by atoms with E-state index in [2.05, 4.69) is 4.74 Å². The lowest BCUT2D eigenvalue weighted by atomic mass is 9.90. The number of Topliss-reactive ketones (excluding diaryl/α,β-unsaturated/α-hetero) is 1. The first-order chi connectivity index (χ1) is 13.1. The summed E-state index contributed by atoms with van der Waals surface area (Å²) in [6, 6.07) is 16.1. The van der Waals surface area contributed by atoms with Crippen LogP contribution in [0, 0.1) is 5.92 Å². The molecule has 1 amide bonds. The molecule has 1 aliphatic rings. The Kier molecular flexibility index (Phi) is 6.01. The van der Waals surface area contributed by atoms with E-state index in [4.69, 9.17) is 0 Å². The predicted octanol–water partition coefficient (Wildman–Crippen LogP) is 3.14. The third kappa shape index (κ3) is 4.61. The number of methoxy groups -OCH3 is 1. The van der Waals surface area contributed by atoms with Crippen LogP contribution >= 0.6 is 0 Å². The van der Waals surface area contributed by atoms with E-state index in [1.54, 1.807) is 29.2 Å². The quantitative estimate of drug-likeness (QED) is 0.764. The second-order valence-corrected chi connectivity index (χ2v) is 6.79. The van der Waals surface area contributed by atoms with Gasteiger partial charge in [0.2, 0.25) is 0 Å². The zero-order valence-electron chi connectivity index (χ0n) is 15.4. The minimum atomic E-state index is -0.432. The van der Waals surface area contributed by atoms with Crippen molar-refractivity contribution in [3.05, 3.63) is 71.3 Å². The van der Waals surface area contributed by atoms with Crippen LogP contribution in [0.25, 0.3) is 0 Å². The molecule has 0 spiro atoms. The van der Waals surface area contributed by atoms with Gasteiger partial charge in [0.1, 0.15) is 5.78 Å². The summed E-state index contributed by atoms with van der Waals surface area (Å²) < 4.78 is 4.67. The van der Waals surface area contributed by atoms with Gasteiger partial charge in [-0.1, -0.05) is 30.3 Å². The number of rotatable bonds is 5. The number of hydrogen-bond acceptors (Lipinski definition) is 4. The molecular formula is C22H23NO4. The summed E-state index contributed by atoms with van der Waals surface area (Å²) in [5.74, 6) is -0.487. The van der Waals surface area contributed by atoms with Crippen LogP contribution in [0.1, 0.15) is 39.1 Å². The van der Waals surface area contributed by atoms with Gasteiger partial charge in [-0.15, -0.1) is 0 Å². The molecule has 0 N–H and O–H groups in total. The molecule has 5 nitrogen and oxygen atoms in total. The molecule has 1 heterocycles. The third-order valence-corrected chi connectivity index (χ3v) is 4.94. The van der Waals surface area contributed by atoms with E-state index in [0.717, 1.165) is 18.4 Å². The fraction of sp³-hybridized carbons (Fsp3) is 0.318. The Hall–Kier alpha value is -2.95. The van der Waals surface area contributed by atoms with Crippen molar-refractivity contribution < 1.29 is 19.1 Å². The first-order valence-corrected chi connectivity index (χ1v) is 9.13. The van der Waals surface area contributed by atoms with E-state index < -0.39 is 5.97 Å². The highest BCUT2D eigenvalue weighted by Crippen LogP contribution is 2.21. The number of piperidine rings is 1. The first-order valence-electron chi connectivity index (χ1n) is 9.13. The molecule has 27 heavy (non-hydrogen) atoms. The normalized spacial score (nSPS) is 16.6. The molecular weight excluding hydrogens is 342 g/mol. The molecule has 0 bridgehead atoms. The average Bonchev–Trinajstić information content (AvgIpc) is 2.73. The molecule has 0 radical (unpaired) electrons. The largest absolute Gasteiger partial charge is 0.465 e. The van der Waals surface area contributed by atoms with E-state index in [0.29, 0.717) is 30.6 Å². The minimum Gasteiger partial charge on any atom is -0.465 e. The molecule has 2 aromatic rings. The molecule has 5 heteroatoms. The van der Waals surface area contributed by atoms with Gasteiger partial charge in [0.15, 0.2) is 0 Å². The van der Waals surface area contributed by atoms with Crippen LogP contribution in [-0.4, -0.2) is 42.8 Å². The zero-order valence-corrected chi connectivity index (χ0v) is 15.4. The molecule has 0 unspecified atom stereocenters. The molecule has 1 saturated heterocycles. The molecule has 0 saturated carbocycles. The molecule has 2 aromatic carbocycles. The molecule has 1 atom stereocenters. The van der Waals surface area contributed by atoms with Gasteiger partial charge >= 0.3 is 5.97 Å². The fourth-order valence-corrected chi connectivity index (χ4v) is 3.42. The van der Waals surface area contributed by atoms with Gasteiger partial charge in [0.05, 0.1) is 12.7 Å². The average molecular weight is 365 g/mol. The molecule has 1 fully saturated rings. The van der Waals surface area contributed by atoms with Crippen molar-refractivity contribution in [2.24, 2.45) is 5.92 Å². The van der Waals surface area contributed by atoms with E-state index in [1.165, 1.54) is 7.11 Å². The van der Waals surface area contributed by atoms with Crippen LogP contribution in [0.15, 0.2) is 54.6 Å². The van der Waals surface area contributed by atoms with Gasteiger partial charge in [0, 0.05) is 31.0 Å². The number of esters is 1. The number of benzene rings is 2. The van der Waals surface area contributed by atoms with E-state index in [1.807, 2.05) is 30.3 Å². The summed E-state index contributed by atoms with van der Waals surface area (Å²) in [6.07, 6.45) is 2.04. The van der Waals surface area contributed by atoms with Crippen molar-refractivity contribution in [1.29, 1.82) is 0 Å². The van der Waals surface area contributed by atoms with Crippen LogP contribution < -0.4 is 0 Å². The SMILES string of the molecule is COC(=O)c1ccc(C(=O)N2CCC[C@H](C(=O)Cc3ccccc3)C2)cc1. The van der Waals surface area contributed by atoms with Crippen LogP contribution in [0.4, 0.5) is 0 Å². The number of likely N-dealkylation sites (tertiary alicyclic amines) is 1. The summed E-state index contributed by atoms with van der Waals surface area (Å²) in [5.41, 5.74) is 1.92. The van der Waals surface area contributed by atoms with E-state index >= 15 is 0 Å². The molecule has 1 aliphatic heterocycles. The van der Waals surface area contributed by atoms with Crippen molar-refractivity contribution >= 4 is 17.7 Å². The number of ketones is 1. The van der Waals surface area contributed by atoms with Crippen molar-refractivity contribution in [1.82, 2.24) is 4.90 Å². The lowest BCUT2D eigenvalue weighted by molar-refractivity contribution is -0.123. The van der Waals surface area contributed by atoms with Crippen LogP contribution in [-0.2, 0) is 16.0 Å². The van der Waals surface area contributed by atoms with Gasteiger partial charge < -0.3 is 9.64 Å².